The molecule has 1 aromatic heterocycles. The van der Waals surface area contributed by atoms with Gasteiger partial charge >= 0.3 is 0 Å². The molecule has 0 spiro atoms. The van der Waals surface area contributed by atoms with Crippen molar-refractivity contribution < 1.29 is 14.7 Å². The van der Waals surface area contributed by atoms with Crippen molar-refractivity contribution in [2.45, 2.75) is 6.92 Å². The predicted octanol–water partition coefficient (Wildman–Crippen LogP) is 1.08. The zero-order valence-corrected chi connectivity index (χ0v) is 12.4. The van der Waals surface area contributed by atoms with E-state index in [-0.39, 0.29) is 31.5 Å². The zero-order valence-electron chi connectivity index (χ0n) is 9.98. The molecule has 0 atom stereocenters. The minimum absolute atomic E-state index is 0.0534. The van der Waals surface area contributed by atoms with Gasteiger partial charge in [-0.2, -0.15) is 0 Å². The van der Waals surface area contributed by atoms with Gasteiger partial charge in [0.15, 0.2) is 0 Å². The number of hydrogen-bond donors (Lipinski definition) is 2. The monoisotopic (exact) mass is 334 g/mol. The Bertz CT molecular complexity index is 422. The molecule has 0 saturated carbocycles. The van der Waals surface area contributed by atoms with Gasteiger partial charge in [0.1, 0.15) is 0 Å². The standard InChI is InChI=1S/C11H15BrN2O3S/c1-2-14(5-6-15)10(16)7-13-11(17)8-3-4-9(12)18-8/h3-4,15H,2,5-7H2,1H3,(H,13,17). The molecule has 0 fully saturated rings. The molecule has 2 amide bonds. The third-order valence-electron chi connectivity index (χ3n) is 2.30. The Kier molecular flexibility index (Phi) is 6.31. The molecule has 0 aliphatic carbocycles. The number of thiophene rings is 1. The summed E-state index contributed by atoms with van der Waals surface area (Å²) in [5.74, 6) is -0.463. The van der Waals surface area contributed by atoms with Gasteiger partial charge < -0.3 is 15.3 Å². The highest BCUT2D eigenvalue weighted by Gasteiger charge is 2.14. The molecule has 0 saturated heterocycles. The van der Waals surface area contributed by atoms with E-state index < -0.39 is 0 Å². The van der Waals surface area contributed by atoms with Crippen LogP contribution in [-0.2, 0) is 4.79 Å². The summed E-state index contributed by atoms with van der Waals surface area (Å²) >= 11 is 4.58. The van der Waals surface area contributed by atoms with Crippen LogP contribution in [0.2, 0.25) is 0 Å². The highest BCUT2D eigenvalue weighted by atomic mass is 79.9. The smallest absolute Gasteiger partial charge is 0.261 e. The van der Waals surface area contributed by atoms with E-state index in [9.17, 15) is 9.59 Å². The van der Waals surface area contributed by atoms with Crippen LogP contribution in [0.5, 0.6) is 0 Å². The van der Waals surface area contributed by atoms with Crippen molar-refractivity contribution in [1.29, 1.82) is 0 Å². The Hall–Kier alpha value is -0.920. The van der Waals surface area contributed by atoms with Gasteiger partial charge in [0, 0.05) is 13.1 Å². The lowest BCUT2D eigenvalue weighted by molar-refractivity contribution is -0.130. The molecule has 0 radical (unpaired) electrons. The average Bonchev–Trinajstić information content (AvgIpc) is 2.79. The lowest BCUT2D eigenvalue weighted by atomic mass is 10.4. The first-order valence-electron chi connectivity index (χ1n) is 5.50. The third kappa shape index (κ3) is 4.40. The Labute approximate surface area is 118 Å². The number of halogens is 1. The predicted molar refractivity (Wildman–Crippen MR) is 73.7 cm³/mol. The van der Waals surface area contributed by atoms with Crippen molar-refractivity contribution >= 4 is 39.1 Å². The number of carbonyl (C=O) groups is 2. The number of nitrogens with one attached hydrogen (secondary N) is 1. The molecule has 5 nitrogen and oxygen atoms in total. The third-order valence-corrected chi connectivity index (χ3v) is 3.92. The Morgan fingerprint density at radius 2 is 2.22 bits per heavy atom. The van der Waals surface area contributed by atoms with Crippen LogP contribution in [0, 0.1) is 0 Å². The topological polar surface area (TPSA) is 69.6 Å². The number of likely N-dealkylation sites (N-methyl/N-ethyl adjacent to an activating group) is 1. The maximum Gasteiger partial charge on any atom is 0.261 e. The molecule has 0 aliphatic heterocycles. The van der Waals surface area contributed by atoms with Crippen LogP contribution in [0.4, 0.5) is 0 Å². The molecule has 1 rings (SSSR count). The first kappa shape index (κ1) is 15.1. The summed E-state index contributed by atoms with van der Waals surface area (Å²) in [6.45, 7) is 2.49. The Morgan fingerprint density at radius 1 is 1.50 bits per heavy atom. The maximum atomic E-state index is 11.7. The Morgan fingerprint density at radius 3 is 2.72 bits per heavy atom. The molecule has 1 aromatic rings. The number of aliphatic hydroxyl groups is 1. The highest BCUT2D eigenvalue weighted by molar-refractivity contribution is 9.11. The van der Waals surface area contributed by atoms with Crippen molar-refractivity contribution in [2.24, 2.45) is 0 Å². The van der Waals surface area contributed by atoms with E-state index >= 15 is 0 Å². The number of aliphatic hydroxyl groups excluding tert-OH is 1. The van der Waals surface area contributed by atoms with Crippen molar-refractivity contribution in [2.75, 3.05) is 26.2 Å². The van der Waals surface area contributed by atoms with Gasteiger partial charge in [0.05, 0.1) is 21.8 Å². The number of hydrogen-bond acceptors (Lipinski definition) is 4. The summed E-state index contributed by atoms with van der Waals surface area (Å²) < 4.78 is 0.870. The van der Waals surface area contributed by atoms with Crippen LogP contribution < -0.4 is 5.32 Å². The van der Waals surface area contributed by atoms with Gasteiger partial charge in [-0.1, -0.05) is 0 Å². The van der Waals surface area contributed by atoms with Crippen LogP contribution in [0.25, 0.3) is 0 Å². The zero-order chi connectivity index (χ0) is 13.5. The van der Waals surface area contributed by atoms with Crippen LogP contribution in [0.3, 0.4) is 0 Å². The molecule has 1 heterocycles. The summed E-state index contributed by atoms with van der Waals surface area (Å²) in [6, 6.07) is 3.48. The number of rotatable bonds is 6. The maximum absolute atomic E-state index is 11.7. The summed E-state index contributed by atoms with van der Waals surface area (Å²) in [7, 11) is 0. The molecular formula is C11H15BrN2O3S. The SMILES string of the molecule is CCN(CCO)C(=O)CNC(=O)c1ccc(Br)s1. The lowest BCUT2D eigenvalue weighted by Crippen LogP contribution is -2.41. The fraction of sp³-hybridized carbons (Fsp3) is 0.455. The van der Waals surface area contributed by atoms with Gasteiger partial charge in [0.2, 0.25) is 5.91 Å². The molecule has 2 N–H and O–H groups in total. The van der Waals surface area contributed by atoms with Gasteiger partial charge in [-0.15, -0.1) is 11.3 Å². The minimum atomic E-state index is -0.265. The first-order valence-corrected chi connectivity index (χ1v) is 7.11. The Balaban J connectivity index is 2.45. The molecule has 0 aliphatic rings. The summed E-state index contributed by atoms with van der Waals surface area (Å²) in [5.41, 5.74) is 0. The van der Waals surface area contributed by atoms with Crippen LogP contribution in [-0.4, -0.2) is 48.1 Å². The molecule has 0 unspecified atom stereocenters. The van der Waals surface area contributed by atoms with Crippen molar-refractivity contribution in [3.8, 4) is 0 Å². The van der Waals surface area contributed by atoms with Gasteiger partial charge in [-0.05, 0) is 35.0 Å². The van der Waals surface area contributed by atoms with E-state index in [2.05, 4.69) is 21.2 Å². The second-order valence-corrected chi connectivity index (χ2v) is 5.95. The molecule has 100 valence electrons. The van der Waals surface area contributed by atoms with E-state index in [1.807, 2.05) is 6.92 Å². The van der Waals surface area contributed by atoms with Crippen LogP contribution in [0.1, 0.15) is 16.6 Å². The second-order valence-electron chi connectivity index (χ2n) is 3.48. The van der Waals surface area contributed by atoms with E-state index in [4.69, 9.17) is 5.11 Å². The normalized spacial score (nSPS) is 10.2. The van der Waals surface area contributed by atoms with Crippen molar-refractivity contribution in [1.82, 2.24) is 10.2 Å². The average molecular weight is 335 g/mol. The second kappa shape index (κ2) is 7.50. The lowest BCUT2D eigenvalue weighted by Gasteiger charge is -2.19. The van der Waals surface area contributed by atoms with E-state index in [1.54, 1.807) is 12.1 Å². The minimum Gasteiger partial charge on any atom is -0.395 e. The molecule has 0 bridgehead atoms. The van der Waals surface area contributed by atoms with Crippen LogP contribution in [0.15, 0.2) is 15.9 Å². The summed E-state index contributed by atoms with van der Waals surface area (Å²) in [5, 5.41) is 11.4. The number of carbonyl (C=O) groups excluding carboxylic acids is 2. The van der Waals surface area contributed by atoms with Gasteiger partial charge in [-0.3, -0.25) is 9.59 Å². The largest absolute Gasteiger partial charge is 0.395 e. The molecular weight excluding hydrogens is 320 g/mol. The molecule has 18 heavy (non-hydrogen) atoms. The van der Waals surface area contributed by atoms with E-state index in [0.717, 1.165) is 3.79 Å². The van der Waals surface area contributed by atoms with Gasteiger partial charge in [0.25, 0.3) is 5.91 Å². The summed E-state index contributed by atoms with van der Waals surface area (Å²) in [4.78, 5) is 25.4. The van der Waals surface area contributed by atoms with E-state index in [0.29, 0.717) is 11.4 Å². The summed E-state index contributed by atoms with van der Waals surface area (Å²) in [6.07, 6.45) is 0. The van der Waals surface area contributed by atoms with Crippen molar-refractivity contribution in [3.05, 3.63) is 20.8 Å². The molecule has 7 heteroatoms. The first-order chi connectivity index (χ1) is 8.58. The van der Waals surface area contributed by atoms with E-state index in [1.165, 1.54) is 16.2 Å². The molecule has 0 aromatic carbocycles. The fourth-order valence-corrected chi connectivity index (χ4v) is 2.67. The fourth-order valence-electron chi connectivity index (χ4n) is 1.37. The quantitative estimate of drug-likeness (QED) is 0.817. The number of nitrogens with zero attached hydrogens (tertiary/aromatic N) is 1. The highest BCUT2D eigenvalue weighted by Crippen LogP contribution is 2.21. The van der Waals surface area contributed by atoms with Gasteiger partial charge in [-0.25, -0.2) is 0 Å². The van der Waals surface area contributed by atoms with Crippen LogP contribution >= 0.6 is 27.3 Å². The van der Waals surface area contributed by atoms with Crippen molar-refractivity contribution in [3.63, 3.8) is 0 Å². The number of amides is 2.